The molecule has 7 nitrogen and oxygen atoms in total. The van der Waals surface area contributed by atoms with Crippen LogP contribution in [0, 0.1) is 13.8 Å². The predicted molar refractivity (Wildman–Crippen MR) is 80.0 cm³/mol. The maximum absolute atomic E-state index is 11.6. The van der Waals surface area contributed by atoms with Crippen molar-refractivity contribution in [3.63, 3.8) is 0 Å². The second kappa shape index (κ2) is 5.82. The van der Waals surface area contributed by atoms with Crippen molar-refractivity contribution in [2.45, 2.75) is 33.2 Å². The van der Waals surface area contributed by atoms with Crippen LogP contribution in [0.5, 0.6) is 0 Å². The molecule has 2 aromatic heterocycles. The second-order valence-electron chi connectivity index (χ2n) is 5.50. The minimum absolute atomic E-state index is 0.214. The van der Waals surface area contributed by atoms with Gasteiger partial charge in [0.05, 0.1) is 18.3 Å². The average Bonchev–Trinajstić information content (AvgIpc) is 3.17. The standard InChI is InChI=1S/C15H20N4O3/c1-4-21-14(20)13-9-22-15(16-13)18-6-5-12(8-18)19-11(3)7-10(2)17-19/h7,9,12H,4-6,8H2,1-3H3. The predicted octanol–water partition coefficient (Wildman–Crippen LogP) is 2.12. The highest BCUT2D eigenvalue weighted by Crippen LogP contribution is 2.27. The van der Waals surface area contributed by atoms with Crippen LogP contribution in [-0.4, -0.2) is 40.4 Å². The fourth-order valence-electron chi connectivity index (χ4n) is 2.84. The van der Waals surface area contributed by atoms with E-state index in [1.807, 2.05) is 11.8 Å². The average molecular weight is 304 g/mol. The number of carbonyl (C=O) groups is 1. The number of oxazole rings is 1. The van der Waals surface area contributed by atoms with Gasteiger partial charge in [-0.05, 0) is 33.3 Å². The number of hydrogen-bond acceptors (Lipinski definition) is 6. The van der Waals surface area contributed by atoms with Gasteiger partial charge in [0, 0.05) is 18.8 Å². The van der Waals surface area contributed by atoms with Crippen molar-refractivity contribution in [2.75, 3.05) is 24.6 Å². The molecule has 1 atom stereocenters. The van der Waals surface area contributed by atoms with Crippen molar-refractivity contribution >= 4 is 12.0 Å². The van der Waals surface area contributed by atoms with Crippen LogP contribution in [0.25, 0.3) is 0 Å². The molecule has 0 radical (unpaired) electrons. The largest absolute Gasteiger partial charge is 0.461 e. The van der Waals surface area contributed by atoms with Crippen LogP contribution in [-0.2, 0) is 4.74 Å². The number of aromatic nitrogens is 3. The van der Waals surface area contributed by atoms with E-state index in [2.05, 4.69) is 27.8 Å². The van der Waals surface area contributed by atoms with E-state index in [4.69, 9.17) is 9.15 Å². The summed E-state index contributed by atoms with van der Waals surface area (Å²) in [5, 5.41) is 4.54. The molecule has 1 aliphatic heterocycles. The topological polar surface area (TPSA) is 73.4 Å². The molecule has 3 heterocycles. The Kier molecular flexibility index (Phi) is 3.87. The number of aryl methyl sites for hydroxylation is 2. The fourth-order valence-corrected chi connectivity index (χ4v) is 2.84. The fraction of sp³-hybridized carbons (Fsp3) is 0.533. The van der Waals surface area contributed by atoms with Gasteiger partial charge in [-0.25, -0.2) is 4.79 Å². The van der Waals surface area contributed by atoms with E-state index < -0.39 is 5.97 Å². The molecule has 1 saturated heterocycles. The molecular weight excluding hydrogens is 284 g/mol. The van der Waals surface area contributed by atoms with Crippen molar-refractivity contribution in [3.05, 3.63) is 29.4 Å². The lowest BCUT2D eigenvalue weighted by atomic mass is 10.2. The molecule has 3 rings (SSSR count). The second-order valence-corrected chi connectivity index (χ2v) is 5.50. The summed E-state index contributed by atoms with van der Waals surface area (Å²) >= 11 is 0. The summed E-state index contributed by atoms with van der Waals surface area (Å²) in [5.74, 6) is -0.452. The number of anilines is 1. The Hall–Kier alpha value is -2.31. The quantitative estimate of drug-likeness (QED) is 0.806. The van der Waals surface area contributed by atoms with Gasteiger partial charge in [0.15, 0.2) is 5.69 Å². The van der Waals surface area contributed by atoms with Gasteiger partial charge < -0.3 is 14.1 Å². The molecule has 0 N–H and O–H groups in total. The Bertz CT molecular complexity index is 676. The van der Waals surface area contributed by atoms with Crippen molar-refractivity contribution in [2.24, 2.45) is 0 Å². The molecular formula is C15H20N4O3. The van der Waals surface area contributed by atoms with E-state index in [0.29, 0.717) is 18.7 Å². The van der Waals surface area contributed by atoms with Crippen LogP contribution in [0.3, 0.4) is 0 Å². The maximum atomic E-state index is 11.6. The van der Waals surface area contributed by atoms with Gasteiger partial charge in [0.1, 0.15) is 6.26 Å². The van der Waals surface area contributed by atoms with Gasteiger partial charge >= 0.3 is 5.97 Å². The minimum atomic E-state index is -0.452. The highest BCUT2D eigenvalue weighted by Gasteiger charge is 2.29. The number of nitrogens with zero attached hydrogens (tertiary/aromatic N) is 4. The van der Waals surface area contributed by atoms with E-state index in [1.165, 1.54) is 6.26 Å². The zero-order chi connectivity index (χ0) is 15.7. The molecule has 0 bridgehead atoms. The number of ether oxygens (including phenoxy) is 1. The number of hydrogen-bond donors (Lipinski definition) is 0. The van der Waals surface area contributed by atoms with Crippen molar-refractivity contribution in [3.8, 4) is 0 Å². The molecule has 2 aromatic rings. The molecule has 0 saturated carbocycles. The summed E-state index contributed by atoms with van der Waals surface area (Å²) < 4.78 is 12.4. The van der Waals surface area contributed by atoms with Gasteiger partial charge in [-0.1, -0.05) is 0 Å². The summed E-state index contributed by atoms with van der Waals surface area (Å²) in [6, 6.07) is 2.84. The molecule has 22 heavy (non-hydrogen) atoms. The third-order valence-electron chi connectivity index (χ3n) is 3.80. The first-order valence-electron chi connectivity index (χ1n) is 7.49. The Morgan fingerprint density at radius 1 is 1.50 bits per heavy atom. The summed E-state index contributed by atoms with van der Waals surface area (Å²) in [6.45, 7) is 7.74. The van der Waals surface area contributed by atoms with E-state index >= 15 is 0 Å². The lowest BCUT2D eigenvalue weighted by Gasteiger charge is -2.15. The zero-order valence-corrected chi connectivity index (χ0v) is 13.1. The molecule has 1 fully saturated rings. The number of carbonyl (C=O) groups excluding carboxylic acids is 1. The maximum Gasteiger partial charge on any atom is 0.360 e. The normalized spacial score (nSPS) is 18.0. The summed E-state index contributed by atoms with van der Waals surface area (Å²) in [6.07, 6.45) is 2.32. The van der Waals surface area contributed by atoms with Gasteiger partial charge in [-0.2, -0.15) is 10.1 Å². The van der Waals surface area contributed by atoms with E-state index in [0.717, 1.165) is 30.9 Å². The van der Waals surface area contributed by atoms with Crippen molar-refractivity contribution in [1.82, 2.24) is 14.8 Å². The Morgan fingerprint density at radius 3 is 3.00 bits per heavy atom. The number of rotatable bonds is 4. The van der Waals surface area contributed by atoms with Crippen LogP contribution in [0.2, 0.25) is 0 Å². The molecule has 7 heteroatoms. The SMILES string of the molecule is CCOC(=O)c1coc(N2CCC(n3nc(C)cc3C)C2)n1. The van der Waals surface area contributed by atoms with Gasteiger partial charge in [-0.3, -0.25) is 4.68 Å². The molecule has 0 aromatic carbocycles. The lowest BCUT2D eigenvalue weighted by Crippen LogP contribution is -2.22. The van der Waals surface area contributed by atoms with Gasteiger partial charge in [0.25, 0.3) is 6.01 Å². The van der Waals surface area contributed by atoms with Crippen LogP contribution in [0.4, 0.5) is 6.01 Å². The zero-order valence-electron chi connectivity index (χ0n) is 13.1. The van der Waals surface area contributed by atoms with E-state index in [1.54, 1.807) is 6.92 Å². The molecule has 0 aliphatic carbocycles. The monoisotopic (exact) mass is 304 g/mol. The van der Waals surface area contributed by atoms with Crippen molar-refractivity contribution in [1.29, 1.82) is 0 Å². The van der Waals surface area contributed by atoms with Crippen molar-refractivity contribution < 1.29 is 13.9 Å². The summed E-state index contributed by atoms with van der Waals surface area (Å²) in [5.41, 5.74) is 2.40. The highest BCUT2D eigenvalue weighted by atomic mass is 16.5. The third kappa shape index (κ3) is 2.70. The first-order valence-corrected chi connectivity index (χ1v) is 7.49. The first kappa shape index (κ1) is 14.6. The molecule has 1 unspecified atom stereocenters. The summed E-state index contributed by atoms with van der Waals surface area (Å²) in [7, 11) is 0. The molecule has 1 aliphatic rings. The molecule has 118 valence electrons. The van der Waals surface area contributed by atoms with Crippen LogP contribution in [0.1, 0.15) is 41.3 Å². The molecule has 0 spiro atoms. The minimum Gasteiger partial charge on any atom is -0.461 e. The van der Waals surface area contributed by atoms with E-state index in [-0.39, 0.29) is 5.69 Å². The van der Waals surface area contributed by atoms with Crippen LogP contribution >= 0.6 is 0 Å². The van der Waals surface area contributed by atoms with E-state index in [9.17, 15) is 4.79 Å². The number of esters is 1. The first-order chi connectivity index (χ1) is 10.6. The van der Waals surface area contributed by atoms with Crippen LogP contribution < -0.4 is 4.90 Å². The lowest BCUT2D eigenvalue weighted by molar-refractivity contribution is 0.0519. The third-order valence-corrected chi connectivity index (χ3v) is 3.80. The van der Waals surface area contributed by atoms with Crippen LogP contribution in [0.15, 0.2) is 16.7 Å². The summed E-state index contributed by atoms with van der Waals surface area (Å²) in [4.78, 5) is 17.9. The van der Waals surface area contributed by atoms with Gasteiger partial charge in [-0.15, -0.1) is 0 Å². The molecule has 0 amide bonds. The Morgan fingerprint density at radius 2 is 2.32 bits per heavy atom. The Labute approximate surface area is 128 Å². The smallest absolute Gasteiger partial charge is 0.360 e. The van der Waals surface area contributed by atoms with Gasteiger partial charge in [0.2, 0.25) is 0 Å². The Balaban J connectivity index is 1.70. The highest BCUT2D eigenvalue weighted by molar-refractivity contribution is 5.87.